The molecule has 0 aromatic heterocycles. The standard InChI is InChI=1S/C30H34N2O5/c1-19(2)16-27(30(35)36)31-29(34)28(33)26(17-20-10-4-3-5-11-20)32-37-18-25-23-14-8-6-12-21(23)22-13-7-9-15-24(22)25/h3-15,19,25-28,32-33H,16-18H2,1-2H3,(H,31,34)(H,35,36)/t26-,27+,28+/m1/s1. The quantitative estimate of drug-likeness (QED) is 0.280. The van der Waals surface area contributed by atoms with Crippen molar-refractivity contribution in [3.63, 3.8) is 0 Å². The molecule has 0 unspecified atom stereocenters. The van der Waals surface area contributed by atoms with Gasteiger partial charge >= 0.3 is 5.97 Å². The van der Waals surface area contributed by atoms with E-state index in [4.69, 9.17) is 4.84 Å². The fourth-order valence-corrected chi connectivity index (χ4v) is 4.90. The molecule has 3 aromatic rings. The smallest absolute Gasteiger partial charge is 0.326 e. The molecule has 194 valence electrons. The van der Waals surface area contributed by atoms with Crippen molar-refractivity contribution >= 4 is 11.9 Å². The number of carbonyl (C=O) groups excluding carboxylic acids is 1. The van der Waals surface area contributed by atoms with Gasteiger partial charge < -0.3 is 20.4 Å². The maximum atomic E-state index is 12.9. The SMILES string of the molecule is CC(C)C[C@H](NC(=O)[C@@H](O)[C@@H](Cc1ccccc1)NOCC1c2ccccc2-c2ccccc21)C(=O)O. The molecule has 7 nitrogen and oxygen atoms in total. The first-order chi connectivity index (χ1) is 17.8. The number of carbonyl (C=O) groups is 2. The number of aliphatic hydroxyl groups excluding tert-OH is 1. The summed E-state index contributed by atoms with van der Waals surface area (Å²) in [5.74, 6) is -1.80. The Balaban J connectivity index is 1.47. The summed E-state index contributed by atoms with van der Waals surface area (Å²) in [5, 5.41) is 23.0. The molecule has 3 atom stereocenters. The lowest BCUT2D eigenvalue weighted by molar-refractivity contribution is -0.145. The molecular weight excluding hydrogens is 468 g/mol. The van der Waals surface area contributed by atoms with Gasteiger partial charge in [-0.3, -0.25) is 4.79 Å². The first-order valence-corrected chi connectivity index (χ1v) is 12.7. The largest absolute Gasteiger partial charge is 0.480 e. The van der Waals surface area contributed by atoms with Crippen molar-refractivity contribution in [3.8, 4) is 11.1 Å². The van der Waals surface area contributed by atoms with Gasteiger partial charge in [0, 0.05) is 5.92 Å². The third kappa shape index (κ3) is 6.43. The van der Waals surface area contributed by atoms with E-state index in [1.807, 2.05) is 68.4 Å². The van der Waals surface area contributed by atoms with Crippen LogP contribution in [0.5, 0.6) is 0 Å². The van der Waals surface area contributed by atoms with Crippen LogP contribution < -0.4 is 10.8 Å². The summed E-state index contributed by atoms with van der Waals surface area (Å²) >= 11 is 0. The molecule has 0 heterocycles. The molecule has 0 aliphatic heterocycles. The molecule has 0 bridgehead atoms. The zero-order chi connectivity index (χ0) is 26.4. The van der Waals surface area contributed by atoms with Crippen LogP contribution in [0.3, 0.4) is 0 Å². The molecule has 3 aromatic carbocycles. The molecule has 1 aliphatic rings. The van der Waals surface area contributed by atoms with Gasteiger partial charge in [0.15, 0.2) is 6.10 Å². The molecule has 4 N–H and O–H groups in total. The highest BCUT2D eigenvalue weighted by Crippen LogP contribution is 2.44. The minimum atomic E-state index is -1.52. The van der Waals surface area contributed by atoms with E-state index in [1.54, 1.807) is 0 Å². The van der Waals surface area contributed by atoms with Crippen LogP contribution in [-0.2, 0) is 20.8 Å². The van der Waals surface area contributed by atoms with E-state index in [0.29, 0.717) is 13.0 Å². The molecule has 0 fully saturated rings. The Bertz CT molecular complexity index is 1170. The third-order valence-electron chi connectivity index (χ3n) is 6.72. The molecule has 4 rings (SSSR count). The highest BCUT2D eigenvalue weighted by molar-refractivity contribution is 5.86. The number of hydrogen-bond acceptors (Lipinski definition) is 5. The predicted octanol–water partition coefficient (Wildman–Crippen LogP) is 3.91. The number of aliphatic carboxylic acids is 1. The van der Waals surface area contributed by atoms with Crippen molar-refractivity contribution in [1.29, 1.82) is 0 Å². The number of carboxylic acid groups (broad SMARTS) is 1. The van der Waals surface area contributed by atoms with E-state index >= 15 is 0 Å². The number of nitrogens with one attached hydrogen (secondary N) is 2. The number of hydrogen-bond donors (Lipinski definition) is 4. The van der Waals surface area contributed by atoms with Crippen LogP contribution >= 0.6 is 0 Å². The Labute approximate surface area is 217 Å². The van der Waals surface area contributed by atoms with Crippen LogP contribution in [0.25, 0.3) is 11.1 Å². The Morgan fingerprint density at radius 2 is 1.46 bits per heavy atom. The van der Waals surface area contributed by atoms with Crippen LogP contribution in [0.2, 0.25) is 0 Å². The van der Waals surface area contributed by atoms with Crippen LogP contribution in [0, 0.1) is 5.92 Å². The molecule has 0 radical (unpaired) electrons. The topological polar surface area (TPSA) is 108 Å². The van der Waals surface area contributed by atoms with Crippen molar-refractivity contribution in [2.45, 2.75) is 50.8 Å². The summed E-state index contributed by atoms with van der Waals surface area (Å²) in [6.45, 7) is 4.07. The minimum Gasteiger partial charge on any atom is -0.480 e. The van der Waals surface area contributed by atoms with Gasteiger partial charge in [-0.1, -0.05) is 92.7 Å². The number of amides is 1. The van der Waals surface area contributed by atoms with Crippen molar-refractivity contribution in [2.24, 2.45) is 5.92 Å². The van der Waals surface area contributed by atoms with E-state index in [1.165, 1.54) is 22.3 Å². The molecule has 1 amide bonds. The van der Waals surface area contributed by atoms with Crippen molar-refractivity contribution in [2.75, 3.05) is 6.61 Å². The van der Waals surface area contributed by atoms with E-state index in [9.17, 15) is 19.8 Å². The molecule has 0 saturated heterocycles. The summed E-state index contributed by atoms with van der Waals surface area (Å²) in [6.07, 6.45) is -0.936. The number of rotatable bonds is 12. The average molecular weight is 503 g/mol. The first kappa shape index (κ1) is 26.5. The number of fused-ring (bicyclic) bond motifs is 3. The Kier molecular flexibility index (Phi) is 8.71. The van der Waals surface area contributed by atoms with Gasteiger partial charge in [0.1, 0.15) is 6.04 Å². The zero-order valence-electron chi connectivity index (χ0n) is 21.1. The van der Waals surface area contributed by atoms with Gasteiger partial charge in [0.05, 0.1) is 12.6 Å². The van der Waals surface area contributed by atoms with E-state index in [-0.39, 0.29) is 18.3 Å². The average Bonchev–Trinajstić information content (AvgIpc) is 3.21. The minimum absolute atomic E-state index is 0.00526. The van der Waals surface area contributed by atoms with E-state index < -0.39 is 30.1 Å². The zero-order valence-corrected chi connectivity index (χ0v) is 21.1. The highest BCUT2D eigenvalue weighted by atomic mass is 16.6. The summed E-state index contributed by atoms with van der Waals surface area (Å²) in [6, 6.07) is 24.0. The second kappa shape index (κ2) is 12.1. The lowest BCUT2D eigenvalue weighted by Gasteiger charge is -2.26. The van der Waals surface area contributed by atoms with Gasteiger partial charge in [-0.05, 0) is 46.6 Å². The monoisotopic (exact) mass is 502 g/mol. The fraction of sp³-hybridized carbons (Fsp3) is 0.333. The highest BCUT2D eigenvalue weighted by Gasteiger charge is 2.32. The lowest BCUT2D eigenvalue weighted by atomic mass is 9.98. The number of carboxylic acids is 1. The normalized spacial score (nSPS) is 15.0. The lowest BCUT2D eigenvalue weighted by Crippen LogP contribution is -2.53. The van der Waals surface area contributed by atoms with E-state index in [2.05, 4.69) is 35.1 Å². The predicted molar refractivity (Wildman–Crippen MR) is 142 cm³/mol. The molecule has 1 aliphatic carbocycles. The van der Waals surface area contributed by atoms with Crippen LogP contribution in [0.4, 0.5) is 0 Å². The van der Waals surface area contributed by atoms with Gasteiger partial charge in [0.25, 0.3) is 5.91 Å². The summed E-state index contributed by atoms with van der Waals surface area (Å²) in [7, 11) is 0. The van der Waals surface area contributed by atoms with E-state index in [0.717, 1.165) is 5.56 Å². The first-order valence-electron chi connectivity index (χ1n) is 12.7. The second-order valence-corrected chi connectivity index (χ2v) is 9.93. The fourth-order valence-electron chi connectivity index (χ4n) is 4.90. The van der Waals surface area contributed by atoms with Crippen LogP contribution in [0.1, 0.15) is 42.9 Å². The van der Waals surface area contributed by atoms with Crippen molar-refractivity contribution < 1.29 is 24.6 Å². The molecular formula is C30H34N2O5. The molecule has 7 heteroatoms. The number of aliphatic hydroxyl groups is 1. The summed E-state index contributed by atoms with van der Waals surface area (Å²) in [4.78, 5) is 30.5. The molecule has 0 spiro atoms. The maximum absolute atomic E-state index is 12.9. The van der Waals surface area contributed by atoms with Crippen molar-refractivity contribution in [1.82, 2.24) is 10.8 Å². The van der Waals surface area contributed by atoms with Crippen LogP contribution in [0.15, 0.2) is 78.9 Å². The third-order valence-corrected chi connectivity index (χ3v) is 6.72. The Morgan fingerprint density at radius 1 is 0.892 bits per heavy atom. The van der Waals surface area contributed by atoms with Crippen LogP contribution in [-0.4, -0.2) is 46.9 Å². The molecule has 37 heavy (non-hydrogen) atoms. The molecule has 0 saturated carbocycles. The Hall–Kier alpha value is -3.52. The van der Waals surface area contributed by atoms with Gasteiger partial charge in [-0.25, -0.2) is 4.79 Å². The Morgan fingerprint density at radius 3 is 2.03 bits per heavy atom. The second-order valence-electron chi connectivity index (χ2n) is 9.93. The number of hydroxylamine groups is 1. The van der Waals surface area contributed by atoms with Gasteiger partial charge in [-0.15, -0.1) is 0 Å². The van der Waals surface area contributed by atoms with Crippen molar-refractivity contribution in [3.05, 3.63) is 95.6 Å². The number of benzene rings is 3. The maximum Gasteiger partial charge on any atom is 0.326 e. The van der Waals surface area contributed by atoms with Gasteiger partial charge in [-0.2, -0.15) is 5.48 Å². The van der Waals surface area contributed by atoms with Gasteiger partial charge in [0.2, 0.25) is 0 Å². The summed E-state index contributed by atoms with van der Waals surface area (Å²) in [5.41, 5.74) is 8.52. The summed E-state index contributed by atoms with van der Waals surface area (Å²) < 4.78 is 0.